The fraction of sp³-hybridized carbons (Fsp3) is 0.600. The van der Waals surface area contributed by atoms with E-state index in [4.69, 9.17) is 15.2 Å². The van der Waals surface area contributed by atoms with Crippen molar-refractivity contribution in [2.24, 2.45) is 0 Å². The van der Waals surface area contributed by atoms with Gasteiger partial charge in [0.05, 0.1) is 13.2 Å². The molecule has 0 unspecified atom stereocenters. The van der Waals surface area contributed by atoms with Gasteiger partial charge in [0.15, 0.2) is 0 Å². The van der Waals surface area contributed by atoms with Gasteiger partial charge in [-0.15, -0.1) is 0 Å². The molecule has 90 valence electrons. The second-order valence-corrected chi connectivity index (χ2v) is 3.25. The highest BCUT2D eigenvalue weighted by molar-refractivity contribution is 5.40. The van der Waals surface area contributed by atoms with Crippen molar-refractivity contribution in [1.82, 2.24) is 9.97 Å². The standard InChI is InChI=1S/C10H18N4O2/c1-15-7-5-14(6-8-16-2)9-3-4-12-10(11)13-9/h3-4H,5-8H2,1-2H3,(H2,11,12,13). The van der Waals surface area contributed by atoms with Gasteiger partial charge in [0.25, 0.3) is 0 Å². The van der Waals surface area contributed by atoms with Crippen LogP contribution in [-0.4, -0.2) is 50.5 Å². The normalized spacial score (nSPS) is 10.4. The minimum atomic E-state index is 0.275. The molecule has 0 amide bonds. The van der Waals surface area contributed by atoms with Crippen LogP contribution in [0.15, 0.2) is 12.3 Å². The van der Waals surface area contributed by atoms with E-state index in [-0.39, 0.29) is 5.95 Å². The van der Waals surface area contributed by atoms with E-state index < -0.39 is 0 Å². The molecule has 0 fully saturated rings. The van der Waals surface area contributed by atoms with Gasteiger partial charge < -0.3 is 20.1 Å². The number of methoxy groups -OCH3 is 2. The molecule has 1 rings (SSSR count). The fourth-order valence-electron chi connectivity index (χ4n) is 1.28. The number of anilines is 2. The molecule has 0 spiro atoms. The highest BCUT2D eigenvalue weighted by Crippen LogP contribution is 2.10. The Morgan fingerprint density at radius 2 is 1.88 bits per heavy atom. The Kier molecular flexibility index (Phi) is 5.52. The Balaban J connectivity index is 2.66. The molecule has 16 heavy (non-hydrogen) atoms. The van der Waals surface area contributed by atoms with Gasteiger partial charge in [-0.05, 0) is 6.07 Å². The summed E-state index contributed by atoms with van der Waals surface area (Å²) < 4.78 is 10.1. The Labute approximate surface area is 95.4 Å². The van der Waals surface area contributed by atoms with Crippen molar-refractivity contribution in [1.29, 1.82) is 0 Å². The summed E-state index contributed by atoms with van der Waals surface area (Å²) in [4.78, 5) is 10.1. The van der Waals surface area contributed by atoms with Crippen molar-refractivity contribution in [3.63, 3.8) is 0 Å². The summed E-state index contributed by atoms with van der Waals surface area (Å²) in [6.45, 7) is 2.76. The van der Waals surface area contributed by atoms with Crippen LogP contribution in [0, 0.1) is 0 Å². The summed E-state index contributed by atoms with van der Waals surface area (Å²) in [5.74, 6) is 1.07. The first kappa shape index (κ1) is 12.7. The smallest absolute Gasteiger partial charge is 0.221 e. The van der Waals surface area contributed by atoms with Crippen molar-refractivity contribution in [3.05, 3.63) is 12.3 Å². The van der Waals surface area contributed by atoms with E-state index in [1.807, 2.05) is 11.0 Å². The molecule has 1 aromatic rings. The van der Waals surface area contributed by atoms with E-state index in [9.17, 15) is 0 Å². The maximum atomic E-state index is 5.54. The summed E-state index contributed by atoms with van der Waals surface area (Å²) in [5, 5.41) is 0. The van der Waals surface area contributed by atoms with Gasteiger partial charge in [-0.25, -0.2) is 4.98 Å². The molecule has 6 heteroatoms. The van der Waals surface area contributed by atoms with Crippen molar-refractivity contribution >= 4 is 11.8 Å². The zero-order valence-corrected chi connectivity index (χ0v) is 9.72. The van der Waals surface area contributed by atoms with Gasteiger partial charge in [-0.3, -0.25) is 0 Å². The molecule has 0 aliphatic rings. The van der Waals surface area contributed by atoms with Gasteiger partial charge in [0.2, 0.25) is 5.95 Å². The van der Waals surface area contributed by atoms with Gasteiger partial charge >= 0.3 is 0 Å². The maximum Gasteiger partial charge on any atom is 0.221 e. The quantitative estimate of drug-likeness (QED) is 0.714. The van der Waals surface area contributed by atoms with Crippen LogP contribution in [0.2, 0.25) is 0 Å². The molecule has 0 radical (unpaired) electrons. The molecule has 0 aliphatic carbocycles. The Bertz CT molecular complexity index is 301. The van der Waals surface area contributed by atoms with Crippen LogP contribution in [0.25, 0.3) is 0 Å². The van der Waals surface area contributed by atoms with Crippen LogP contribution >= 0.6 is 0 Å². The third-order valence-electron chi connectivity index (χ3n) is 2.11. The number of nitrogens with zero attached hydrogens (tertiary/aromatic N) is 3. The van der Waals surface area contributed by atoms with Crippen LogP contribution in [0.4, 0.5) is 11.8 Å². The zero-order valence-electron chi connectivity index (χ0n) is 9.72. The van der Waals surface area contributed by atoms with Crippen molar-refractivity contribution in [2.45, 2.75) is 0 Å². The Morgan fingerprint density at radius 3 is 2.38 bits per heavy atom. The summed E-state index contributed by atoms with van der Waals surface area (Å²) in [6, 6.07) is 1.82. The van der Waals surface area contributed by atoms with Gasteiger partial charge in [0.1, 0.15) is 5.82 Å². The first-order chi connectivity index (χ1) is 7.77. The van der Waals surface area contributed by atoms with Crippen LogP contribution in [0.1, 0.15) is 0 Å². The molecule has 2 N–H and O–H groups in total. The number of hydrogen-bond donors (Lipinski definition) is 1. The van der Waals surface area contributed by atoms with E-state index in [2.05, 4.69) is 9.97 Å². The van der Waals surface area contributed by atoms with E-state index >= 15 is 0 Å². The molecular formula is C10H18N4O2. The average molecular weight is 226 g/mol. The Hall–Kier alpha value is -1.40. The lowest BCUT2D eigenvalue weighted by atomic mass is 10.4. The molecule has 0 bridgehead atoms. The molecular weight excluding hydrogens is 208 g/mol. The predicted molar refractivity (Wildman–Crippen MR) is 62.4 cm³/mol. The maximum absolute atomic E-state index is 5.54. The van der Waals surface area contributed by atoms with Gasteiger partial charge in [-0.1, -0.05) is 0 Å². The molecule has 0 saturated heterocycles. The van der Waals surface area contributed by atoms with Crippen LogP contribution < -0.4 is 10.6 Å². The monoisotopic (exact) mass is 226 g/mol. The molecule has 0 aromatic carbocycles. The third-order valence-corrected chi connectivity index (χ3v) is 2.11. The third kappa shape index (κ3) is 4.00. The zero-order chi connectivity index (χ0) is 11.8. The first-order valence-corrected chi connectivity index (χ1v) is 5.09. The minimum Gasteiger partial charge on any atom is -0.383 e. The lowest BCUT2D eigenvalue weighted by Gasteiger charge is -2.22. The average Bonchev–Trinajstić information content (AvgIpc) is 2.29. The lowest BCUT2D eigenvalue weighted by molar-refractivity contribution is 0.190. The fourth-order valence-corrected chi connectivity index (χ4v) is 1.28. The van der Waals surface area contributed by atoms with Crippen molar-refractivity contribution in [2.75, 3.05) is 51.2 Å². The van der Waals surface area contributed by atoms with E-state index in [0.717, 1.165) is 18.9 Å². The first-order valence-electron chi connectivity index (χ1n) is 5.09. The number of nitrogens with two attached hydrogens (primary N) is 1. The summed E-state index contributed by atoms with van der Waals surface area (Å²) in [6.07, 6.45) is 1.64. The van der Waals surface area contributed by atoms with E-state index in [1.165, 1.54) is 0 Å². The number of rotatable bonds is 7. The molecule has 1 heterocycles. The predicted octanol–water partition coefficient (Wildman–Crippen LogP) is 0.158. The minimum absolute atomic E-state index is 0.275. The highest BCUT2D eigenvalue weighted by Gasteiger charge is 2.07. The molecule has 6 nitrogen and oxygen atoms in total. The van der Waals surface area contributed by atoms with Crippen LogP contribution in [0.5, 0.6) is 0 Å². The van der Waals surface area contributed by atoms with Gasteiger partial charge in [-0.2, -0.15) is 4.98 Å². The second kappa shape index (κ2) is 6.97. The van der Waals surface area contributed by atoms with E-state index in [1.54, 1.807) is 20.4 Å². The number of aromatic nitrogens is 2. The molecule has 0 aliphatic heterocycles. The SMILES string of the molecule is COCCN(CCOC)c1ccnc(N)n1. The highest BCUT2D eigenvalue weighted by atomic mass is 16.5. The number of ether oxygens (including phenoxy) is 2. The summed E-state index contributed by atoms with van der Waals surface area (Å²) in [5.41, 5.74) is 5.54. The van der Waals surface area contributed by atoms with Crippen LogP contribution in [-0.2, 0) is 9.47 Å². The van der Waals surface area contributed by atoms with Gasteiger partial charge in [0, 0.05) is 33.5 Å². The topological polar surface area (TPSA) is 73.5 Å². The second-order valence-electron chi connectivity index (χ2n) is 3.25. The van der Waals surface area contributed by atoms with Crippen molar-refractivity contribution in [3.8, 4) is 0 Å². The van der Waals surface area contributed by atoms with Crippen LogP contribution in [0.3, 0.4) is 0 Å². The van der Waals surface area contributed by atoms with Crippen molar-refractivity contribution < 1.29 is 9.47 Å². The largest absolute Gasteiger partial charge is 0.383 e. The lowest BCUT2D eigenvalue weighted by Crippen LogP contribution is -2.31. The van der Waals surface area contributed by atoms with E-state index in [0.29, 0.717) is 13.2 Å². The Morgan fingerprint density at radius 1 is 1.25 bits per heavy atom. The molecule has 0 saturated carbocycles. The molecule has 1 aromatic heterocycles. The number of nitrogen functional groups attached to an aromatic ring is 1. The number of hydrogen-bond acceptors (Lipinski definition) is 6. The molecule has 0 atom stereocenters. The summed E-state index contributed by atoms with van der Waals surface area (Å²) >= 11 is 0. The summed E-state index contributed by atoms with van der Waals surface area (Å²) in [7, 11) is 3.34.